The zero-order chi connectivity index (χ0) is 28.2. The fourth-order valence-electron chi connectivity index (χ4n) is 3.80. The van der Waals surface area contributed by atoms with Gasteiger partial charge >= 0.3 is 24.2 Å². The molecule has 0 saturated carbocycles. The van der Waals surface area contributed by atoms with Crippen molar-refractivity contribution in [1.29, 1.82) is 0 Å². The normalized spacial score (nSPS) is 10.4. The van der Waals surface area contributed by atoms with E-state index < -0.39 is 24.2 Å². The minimum atomic E-state index is -1.23. The van der Waals surface area contributed by atoms with Crippen molar-refractivity contribution in [1.82, 2.24) is 0 Å². The highest BCUT2D eigenvalue weighted by molar-refractivity contribution is 5.93. The summed E-state index contributed by atoms with van der Waals surface area (Å²) in [4.78, 5) is 64.6. The highest BCUT2D eigenvalue weighted by atomic mass is 17.5. The van der Waals surface area contributed by atoms with Crippen LogP contribution < -0.4 is 0 Å². The van der Waals surface area contributed by atoms with Gasteiger partial charge in [-0.05, 0) is 76.6 Å². The number of ether oxygens (including phenoxy) is 2. The molecule has 2 rings (SSSR count). The van der Waals surface area contributed by atoms with Crippen molar-refractivity contribution >= 4 is 24.2 Å². The Labute approximate surface area is 219 Å². The number of carbonyl (C=O) groups is 4. The van der Waals surface area contributed by atoms with Crippen LogP contribution in [0.3, 0.4) is 0 Å². The van der Waals surface area contributed by atoms with Gasteiger partial charge in [0.1, 0.15) is 0 Å². The number of hydrogen-bond acceptors (Lipinski definition) is 12. The van der Waals surface area contributed by atoms with Gasteiger partial charge < -0.3 is 9.47 Å². The summed E-state index contributed by atoms with van der Waals surface area (Å²) < 4.78 is 9.46. The summed E-state index contributed by atoms with van der Waals surface area (Å²) in [5.74, 6) is -1.65. The van der Waals surface area contributed by atoms with E-state index in [2.05, 4.69) is 29.6 Å². The van der Waals surface area contributed by atoms with Gasteiger partial charge in [-0.2, -0.15) is 0 Å². The van der Waals surface area contributed by atoms with Crippen molar-refractivity contribution in [2.24, 2.45) is 0 Å². The number of aryl methyl sites for hydroxylation is 6. The van der Waals surface area contributed by atoms with Crippen LogP contribution in [0.4, 0.5) is 9.59 Å². The fourth-order valence-corrected chi connectivity index (χ4v) is 3.80. The van der Waals surface area contributed by atoms with Crippen molar-refractivity contribution < 1.29 is 58.3 Å². The van der Waals surface area contributed by atoms with Crippen molar-refractivity contribution in [3.8, 4) is 0 Å². The van der Waals surface area contributed by atoms with E-state index in [0.29, 0.717) is 33.4 Å². The third-order valence-corrected chi connectivity index (χ3v) is 5.16. The molecule has 0 fully saturated rings. The van der Waals surface area contributed by atoms with Crippen molar-refractivity contribution in [3.05, 3.63) is 68.8 Å². The number of rotatable bonds is 11. The molecule has 0 N–H and O–H groups in total. The third-order valence-electron chi connectivity index (χ3n) is 5.16. The summed E-state index contributed by atoms with van der Waals surface area (Å²) in [5.41, 5.74) is 5.30. The number of unbranched alkanes of at least 4 members (excludes halogenated alkanes) is 1. The lowest BCUT2D eigenvalue weighted by Crippen LogP contribution is -2.15. The van der Waals surface area contributed by atoms with Gasteiger partial charge in [-0.25, -0.2) is 29.0 Å². The number of benzene rings is 2. The van der Waals surface area contributed by atoms with E-state index in [4.69, 9.17) is 9.47 Å². The van der Waals surface area contributed by atoms with E-state index in [-0.39, 0.29) is 26.1 Å². The van der Waals surface area contributed by atoms with Crippen LogP contribution in [0.25, 0.3) is 0 Å². The summed E-state index contributed by atoms with van der Waals surface area (Å²) >= 11 is 0. The van der Waals surface area contributed by atoms with Crippen molar-refractivity contribution in [3.63, 3.8) is 0 Å². The van der Waals surface area contributed by atoms with E-state index >= 15 is 0 Å². The maximum atomic E-state index is 12.1. The summed E-state index contributed by atoms with van der Waals surface area (Å²) in [5, 5.41) is 8.41. The number of hydrogen-bond donors (Lipinski definition) is 0. The maximum absolute atomic E-state index is 12.1. The van der Waals surface area contributed by atoms with Gasteiger partial charge in [0.2, 0.25) is 0 Å². The third kappa shape index (κ3) is 9.37. The minimum absolute atomic E-state index is 0.103. The molecule has 2 aromatic rings. The Morgan fingerprint density at radius 3 is 1.16 bits per heavy atom. The zero-order valence-electron chi connectivity index (χ0n) is 22.0. The van der Waals surface area contributed by atoms with Crippen molar-refractivity contribution in [2.75, 3.05) is 13.2 Å². The highest BCUT2D eigenvalue weighted by Gasteiger charge is 2.18. The van der Waals surface area contributed by atoms with Gasteiger partial charge in [0, 0.05) is 0 Å². The van der Waals surface area contributed by atoms with Gasteiger partial charge in [-0.1, -0.05) is 35.4 Å². The molecule has 0 radical (unpaired) electrons. The lowest BCUT2D eigenvalue weighted by Gasteiger charge is -2.09. The lowest BCUT2D eigenvalue weighted by atomic mass is 10.0. The first-order chi connectivity index (χ1) is 18.0. The van der Waals surface area contributed by atoms with Crippen LogP contribution >= 0.6 is 0 Å². The molecule has 0 saturated heterocycles. The van der Waals surface area contributed by atoms with Gasteiger partial charge in [0.05, 0.1) is 34.4 Å². The molecule has 0 atom stereocenters. The molecule has 0 aliphatic heterocycles. The Morgan fingerprint density at radius 2 is 0.842 bits per heavy atom. The average Bonchev–Trinajstić information content (AvgIpc) is 2.80. The lowest BCUT2D eigenvalue weighted by molar-refractivity contribution is -0.452. The van der Waals surface area contributed by atoms with E-state index in [1.807, 2.05) is 13.8 Å². The standard InChI is InChI=1S/C26H30O12/c1-15-11-17(3)21(18(4)12-15)23(27)33-37-35-25(29)31-9-7-8-10-32-26(30)36-38-34-24(28)22-19(5)13-16(2)14-20(22)6/h11-14H,7-10H2,1-6H3. The zero-order valence-corrected chi connectivity index (χ0v) is 22.0. The van der Waals surface area contributed by atoms with E-state index in [0.717, 1.165) is 11.1 Å². The molecule has 2 aromatic carbocycles. The van der Waals surface area contributed by atoms with Gasteiger partial charge in [-0.3, -0.25) is 9.78 Å². The molecule has 0 aliphatic rings. The second-order valence-corrected chi connectivity index (χ2v) is 8.50. The molecule has 0 bridgehead atoms. The molecule has 12 heteroatoms. The maximum Gasteiger partial charge on any atom is 0.543 e. The SMILES string of the molecule is Cc1cc(C)c(C(=O)OOOC(=O)OCCCCOC(=O)OOOC(=O)c2c(C)cc(C)cc2C)c(C)c1. The summed E-state index contributed by atoms with van der Waals surface area (Å²) in [6.07, 6.45) is -1.90. The first kappa shape index (κ1) is 30.1. The molecule has 0 heterocycles. The molecule has 0 amide bonds. The summed E-state index contributed by atoms with van der Waals surface area (Å²) in [6, 6.07) is 7.21. The largest absolute Gasteiger partial charge is 0.543 e. The van der Waals surface area contributed by atoms with Crippen LogP contribution in [0.15, 0.2) is 24.3 Å². The van der Waals surface area contributed by atoms with E-state index in [9.17, 15) is 19.2 Å². The van der Waals surface area contributed by atoms with Gasteiger partial charge in [-0.15, -0.1) is 0 Å². The van der Waals surface area contributed by atoms with Crippen LogP contribution in [-0.4, -0.2) is 37.5 Å². The Hall–Kier alpha value is -4.16. The van der Waals surface area contributed by atoms with E-state index in [1.165, 1.54) is 0 Å². The van der Waals surface area contributed by atoms with Gasteiger partial charge in [0.15, 0.2) is 0 Å². The molecule has 38 heavy (non-hydrogen) atoms. The second kappa shape index (κ2) is 14.5. The molecule has 0 aliphatic carbocycles. The summed E-state index contributed by atoms with van der Waals surface area (Å²) in [6.45, 7) is 10.5. The highest BCUT2D eigenvalue weighted by Crippen LogP contribution is 2.18. The van der Waals surface area contributed by atoms with Crippen molar-refractivity contribution in [2.45, 2.75) is 54.4 Å². The van der Waals surface area contributed by atoms with Crippen LogP contribution in [0.2, 0.25) is 0 Å². The summed E-state index contributed by atoms with van der Waals surface area (Å²) in [7, 11) is 0. The molecule has 0 spiro atoms. The topological polar surface area (TPSA) is 142 Å². The van der Waals surface area contributed by atoms with Gasteiger partial charge in [0.25, 0.3) is 0 Å². The molecule has 0 aromatic heterocycles. The molecule has 206 valence electrons. The monoisotopic (exact) mass is 534 g/mol. The van der Waals surface area contributed by atoms with E-state index in [1.54, 1.807) is 52.0 Å². The number of carbonyl (C=O) groups excluding carboxylic acids is 4. The smallest absolute Gasteiger partial charge is 0.432 e. The minimum Gasteiger partial charge on any atom is -0.432 e. The molecular weight excluding hydrogens is 504 g/mol. The Morgan fingerprint density at radius 1 is 0.526 bits per heavy atom. The Bertz CT molecular complexity index is 1030. The average molecular weight is 535 g/mol. The first-order valence-electron chi connectivity index (χ1n) is 11.6. The molecule has 12 nitrogen and oxygen atoms in total. The van der Waals surface area contributed by atoms with Crippen LogP contribution in [0, 0.1) is 41.5 Å². The predicted octanol–water partition coefficient (Wildman–Crippen LogP) is 5.33. The second-order valence-electron chi connectivity index (χ2n) is 8.50. The quantitative estimate of drug-likeness (QED) is 0.159. The molecule has 0 unspecified atom stereocenters. The first-order valence-corrected chi connectivity index (χ1v) is 11.6. The Balaban J connectivity index is 1.54. The predicted molar refractivity (Wildman–Crippen MR) is 128 cm³/mol. The Kier molecular flexibility index (Phi) is 11.5. The fraction of sp³-hybridized carbons (Fsp3) is 0.385. The van der Waals surface area contributed by atoms with Crippen LogP contribution in [0.1, 0.15) is 66.9 Å². The van der Waals surface area contributed by atoms with Crippen LogP contribution in [-0.2, 0) is 39.1 Å². The van der Waals surface area contributed by atoms with Crippen LogP contribution in [0.5, 0.6) is 0 Å². The molecular formula is C26H30O12.